The lowest BCUT2D eigenvalue weighted by Crippen LogP contribution is -2.25. The Balaban J connectivity index is 1.73. The zero-order valence-electron chi connectivity index (χ0n) is 8.87. The normalized spacial score (nSPS) is 32.9. The van der Waals surface area contributed by atoms with Crippen molar-refractivity contribution in [2.45, 2.75) is 44.9 Å². The van der Waals surface area contributed by atoms with Gasteiger partial charge in [-0.15, -0.1) is 0 Å². The minimum atomic E-state index is 0.387. The Morgan fingerprint density at radius 1 is 1.00 bits per heavy atom. The number of nitrogens with two attached hydrogens (primary N) is 1. The summed E-state index contributed by atoms with van der Waals surface area (Å²) >= 11 is 0. The highest BCUT2D eigenvalue weighted by Gasteiger charge is 2.30. The summed E-state index contributed by atoms with van der Waals surface area (Å²) in [5.41, 5.74) is 5.63. The second-order valence-electron chi connectivity index (χ2n) is 5.07. The lowest BCUT2D eigenvalue weighted by molar-refractivity contribution is -0.124. The Morgan fingerprint density at radius 3 is 2.07 bits per heavy atom. The van der Waals surface area contributed by atoms with Crippen LogP contribution in [0.25, 0.3) is 0 Å². The van der Waals surface area contributed by atoms with Gasteiger partial charge < -0.3 is 5.73 Å². The van der Waals surface area contributed by atoms with Crippen molar-refractivity contribution in [1.82, 2.24) is 0 Å². The standard InChI is InChI=1S/C12H21NO/c13-8-10-3-5-11(6-4-10)12(14)7-9-1-2-9/h9-11H,1-8,13H2. The molecule has 2 saturated carbocycles. The van der Waals surface area contributed by atoms with E-state index in [1.165, 1.54) is 25.7 Å². The van der Waals surface area contributed by atoms with Crippen molar-refractivity contribution >= 4 is 5.78 Å². The molecule has 0 saturated heterocycles. The van der Waals surface area contributed by atoms with Crippen LogP contribution >= 0.6 is 0 Å². The van der Waals surface area contributed by atoms with E-state index in [2.05, 4.69) is 0 Å². The van der Waals surface area contributed by atoms with Crippen molar-refractivity contribution in [2.75, 3.05) is 6.54 Å². The largest absolute Gasteiger partial charge is 0.330 e. The van der Waals surface area contributed by atoms with Gasteiger partial charge in [0.15, 0.2) is 0 Å². The topological polar surface area (TPSA) is 43.1 Å². The highest BCUT2D eigenvalue weighted by molar-refractivity contribution is 5.81. The van der Waals surface area contributed by atoms with Crippen molar-refractivity contribution in [3.8, 4) is 0 Å². The summed E-state index contributed by atoms with van der Waals surface area (Å²) in [6, 6.07) is 0. The summed E-state index contributed by atoms with van der Waals surface area (Å²) in [4.78, 5) is 11.8. The third-order valence-corrected chi connectivity index (χ3v) is 3.82. The van der Waals surface area contributed by atoms with Gasteiger partial charge in [-0.05, 0) is 56.9 Å². The molecular formula is C12H21NO. The molecule has 80 valence electrons. The molecule has 0 amide bonds. The van der Waals surface area contributed by atoms with E-state index in [1.54, 1.807) is 0 Å². The number of carbonyl (C=O) groups excluding carboxylic acids is 1. The van der Waals surface area contributed by atoms with Crippen molar-refractivity contribution in [3.05, 3.63) is 0 Å². The van der Waals surface area contributed by atoms with Gasteiger partial charge in [0.2, 0.25) is 0 Å². The first-order valence-corrected chi connectivity index (χ1v) is 6.02. The van der Waals surface area contributed by atoms with E-state index < -0.39 is 0 Å². The lowest BCUT2D eigenvalue weighted by Gasteiger charge is -2.26. The molecule has 0 radical (unpaired) electrons. The molecule has 0 heterocycles. The van der Waals surface area contributed by atoms with Crippen LogP contribution in [0, 0.1) is 17.8 Å². The maximum Gasteiger partial charge on any atom is 0.136 e. The number of hydrogen-bond donors (Lipinski definition) is 1. The Hall–Kier alpha value is -0.370. The maximum absolute atomic E-state index is 11.8. The van der Waals surface area contributed by atoms with Gasteiger partial charge in [0.1, 0.15) is 5.78 Å². The number of carbonyl (C=O) groups is 1. The summed E-state index contributed by atoms with van der Waals surface area (Å²) in [5, 5.41) is 0. The van der Waals surface area contributed by atoms with E-state index in [1.807, 2.05) is 0 Å². The van der Waals surface area contributed by atoms with Crippen molar-refractivity contribution < 1.29 is 4.79 Å². The van der Waals surface area contributed by atoms with Crippen molar-refractivity contribution in [3.63, 3.8) is 0 Å². The van der Waals surface area contributed by atoms with Crippen LogP contribution in [0.5, 0.6) is 0 Å². The van der Waals surface area contributed by atoms with Gasteiger partial charge in [-0.2, -0.15) is 0 Å². The first kappa shape index (κ1) is 10.2. The van der Waals surface area contributed by atoms with E-state index in [9.17, 15) is 4.79 Å². The first-order chi connectivity index (χ1) is 6.79. The molecule has 0 bridgehead atoms. The third kappa shape index (κ3) is 2.57. The van der Waals surface area contributed by atoms with Crippen molar-refractivity contribution in [1.29, 1.82) is 0 Å². The quantitative estimate of drug-likeness (QED) is 0.746. The molecule has 0 unspecified atom stereocenters. The molecule has 2 heteroatoms. The fourth-order valence-corrected chi connectivity index (χ4v) is 2.49. The van der Waals surface area contributed by atoms with Crippen LogP contribution in [0.1, 0.15) is 44.9 Å². The third-order valence-electron chi connectivity index (χ3n) is 3.82. The molecule has 0 spiro atoms. The second kappa shape index (κ2) is 4.43. The van der Waals surface area contributed by atoms with Gasteiger partial charge in [-0.3, -0.25) is 4.79 Å². The van der Waals surface area contributed by atoms with Gasteiger partial charge in [-0.25, -0.2) is 0 Å². The lowest BCUT2D eigenvalue weighted by atomic mass is 9.79. The monoisotopic (exact) mass is 195 g/mol. The number of ketones is 1. The van der Waals surface area contributed by atoms with E-state index in [0.717, 1.165) is 31.7 Å². The molecule has 2 fully saturated rings. The van der Waals surface area contributed by atoms with Crippen LogP contribution in [-0.2, 0) is 4.79 Å². The van der Waals surface area contributed by atoms with Gasteiger partial charge in [0.05, 0.1) is 0 Å². The Kier molecular flexibility index (Phi) is 3.22. The number of Topliss-reactive ketones (excluding diaryl/α,β-unsaturated/α-hetero) is 1. The summed E-state index contributed by atoms with van der Waals surface area (Å²) in [6.07, 6.45) is 8.03. The molecule has 2 aliphatic carbocycles. The SMILES string of the molecule is NCC1CCC(C(=O)CC2CC2)CC1. The highest BCUT2D eigenvalue weighted by Crippen LogP contribution is 2.36. The van der Waals surface area contributed by atoms with Crippen LogP contribution < -0.4 is 5.73 Å². The molecule has 2 N–H and O–H groups in total. The van der Waals surface area contributed by atoms with Gasteiger partial charge in [0, 0.05) is 12.3 Å². The van der Waals surface area contributed by atoms with Crippen LogP contribution in [0.4, 0.5) is 0 Å². The molecule has 14 heavy (non-hydrogen) atoms. The Bertz CT molecular complexity index is 202. The molecule has 2 aliphatic rings. The molecule has 0 atom stereocenters. The minimum Gasteiger partial charge on any atom is -0.330 e. The maximum atomic E-state index is 11.8. The van der Waals surface area contributed by atoms with Gasteiger partial charge in [-0.1, -0.05) is 0 Å². The molecule has 0 aromatic rings. The summed E-state index contributed by atoms with van der Waals surface area (Å²) < 4.78 is 0. The smallest absolute Gasteiger partial charge is 0.136 e. The summed E-state index contributed by atoms with van der Waals surface area (Å²) in [7, 11) is 0. The average molecular weight is 195 g/mol. The van der Waals surface area contributed by atoms with Gasteiger partial charge in [0.25, 0.3) is 0 Å². The Morgan fingerprint density at radius 2 is 1.57 bits per heavy atom. The van der Waals surface area contributed by atoms with Crippen LogP contribution in [0.15, 0.2) is 0 Å². The molecule has 0 aromatic heterocycles. The first-order valence-electron chi connectivity index (χ1n) is 6.02. The number of hydrogen-bond acceptors (Lipinski definition) is 2. The molecule has 0 aliphatic heterocycles. The second-order valence-corrected chi connectivity index (χ2v) is 5.07. The predicted octanol–water partition coefficient (Wildman–Crippen LogP) is 2.12. The summed E-state index contributed by atoms with van der Waals surface area (Å²) in [6.45, 7) is 0.809. The predicted molar refractivity (Wildman–Crippen MR) is 56.9 cm³/mol. The average Bonchev–Trinajstić information content (AvgIpc) is 3.02. The van der Waals surface area contributed by atoms with Gasteiger partial charge >= 0.3 is 0 Å². The van der Waals surface area contributed by atoms with Crippen LogP contribution in [0.3, 0.4) is 0 Å². The Labute approximate surface area is 86.2 Å². The van der Waals surface area contributed by atoms with Crippen molar-refractivity contribution in [2.24, 2.45) is 23.5 Å². The fourth-order valence-electron chi connectivity index (χ4n) is 2.49. The molecule has 0 aromatic carbocycles. The van der Waals surface area contributed by atoms with Crippen LogP contribution in [0.2, 0.25) is 0 Å². The van der Waals surface area contributed by atoms with E-state index >= 15 is 0 Å². The number of rotatable bonds is 4. The highest BCUT2D eigenvalue weighted by atomic mass is 16.1. The molecular weight excluding hydrogens is 174 g/mol. The van der Waals surface area contributed by atoms with E-state index in [4.69, 9.17) is 5.73 Å². The zero-order chi connectivity index (χ0) is 9.97. The molecule has 2 rings (SSSR count). The van der Waals surface area contributed by atoms with E-state index in [-0.39, 0.29) is 0 Å². The van der Waals surface area contributed by atoms with Crippen LogP contribution in [-0.4, -0.2) is 12.3 Å². The fraction of sp³-hybridized carbons (Fsp3) is 0.917. The zero-order valence-corrected chi connectivity index (χ0v) is 8.87. The van der Waals surface area contributed by atoms with E-state index in [0.29, 0.717) is 17.6 Å². The summed E-state index contributed by atoms with van der Waals surface area (Å²) in [5.74, 6) is 2.39. The minimum absolute atomic E-state index is 0.387. The molecule has 2 nitrogen and oxygen atoms in total.